The topological polar surface area (TPSA) is 48.1 Å². The summed E-state index contributed by atoms with van der Waals surface area (Å²) in [5.74, 6) is 1.20. The highest BCUT2D eigenvalue weighted by atomic mass is 32.1. The lowest BCUT2D eigenvalue weighted by Gasteiger charge is -2.11. The Bertz CT molecular complexity index is 618. The van der Waals surface area contributed by atoms with Gasteiger partial charge in [-0.15, -0.1) is 0 Å². The fourth-order valence-corrected chi connectivity index (χ4v) is 2.06. The first kappa shape index (κ1) is 13.5. The molecule has 0 saturated heterocycles. The lowest BCUT2D eigenvalue weighted by atomic mass is 10.1. The third kappa shape index (κ3) is 3.29. The summed E-state index contributed by atoms with van der Waals surface area (Å²) < 4.78 is 5.83. The Kier molecular flexibility index (Phi) is 3.81. The molecule has 0 aliphatic rings. The first-order chi connectivity index (χ1) is 8.95. The van der Waals surface area contributed by atoms with Gasteiger partial charge in [0.15, 0.2) is 0 Å². The minimum absolute atomic E-state index is 0.284. The van der Waals surface area contributed by atoms with Crippen molar-refractivity contribution in [3.05, 3.63) is 52.7 Å². The normalized spacial score (nSPS) is 10.3. The van der Waals surface area contributed by atoms with Crippen molar-refractivity contribution in [2.45, 2.75) is 20.8 Å². The molecule has 1 aromatic heterocycles. The molecule has 2 rings (SSSR count). The summed E-state index contributed by atoms with van der Waals surface area (Å²) in [7, 11) is 0. The molecule has 0 spiro atoms. The first-order valence-corrected chi connectivity index (χ1v) is 6.40. The van der Waals surface area contributed by atoms with Gasteiger partial charge in [-0.3, -0.25) is 0 Å². The van der Waals surface area contributed by atoms with E-state index < -0.39 is 0 Å². The summed E-state index contributed by atoms with van der Waals surface area (Å²) in [6, 6.07) is 9.71. The molecule has 0 amide bonds. The first-order valence-electron chi connectivity index (χ1n) is 5.99. The van der Waals surface area contributed by atoms with E-state index in [2.05, 4.69) is 11.1 Å². The van der Waals surface area contributed by atoms with Gasteiger partial charge < -0.3 is 10.5 Å². The lowest BCUT2D eigenvalue weighted by molar-refractivity contribution is 0.460. The van der Waals surface area contributed by atoms with Crippen LogP contribution in [-0.2, 0) is 0 Å². The Hall–Kier alpha value is -1.94. The largest absolute Gasteiger partial charge is 0.438 e. The second kappa shape index (κ2) is 5.36. The number of hydrogen-bond donors (Lipinski definition) is 1. The number of rotatable bonds is 3. The summed E-state index contributed by atoms with van der Waals surface area (Å²) in [4.78, 5) is 4.64. The molecular weight excluding hydrogens is 256 g/mol. The number of ether oxygens (including phenoxy) is 1. The number of aromatic nitrogens is 1. The summed E-state index contributed by atoms with van der Waals surface area (Å²) >= 11 is 5.02. The average Bonchev–Trinajstić information content (AvgIpc) is 2.26. The fourth-order valence-electron chi connectivity index (χ4n) is 1.90. The highest BCUT2D eigenvalue weighted by molar-refractivity contribution is 7.80. The van der Waals surface area contributed by atoms with Crippen molar-refractivity contribution in [1.82, 2.24) is 4.98 Å². The van der Waals surface area contributed by atoms with Gasteiger partial charge in [-0.25, -0.2) is 4.98 Å². The molecule has 0 radical (unpaired) electrons. The summed E-state index contributed by atoms with van der Waals surface area (Å²) in [6.45, 7) is 5.95. The predicted octanol–water partition coefficient (Wildman–Crippen LogP) is 3.43. The number of pyridine rings is 1. The molecule has 19 heavy (non-hydrogen) atoms. The molecule has 2 N–H and O–H groups in total. The molecule has 1 aromatic carbocycles. The van der Waals surface area contributed by atoms with Crippen LogP contribution in [0.25, 0.3) is 0 Å². The maximum Gasteiger partial charge on any atom is 0.229 e. The molecule has 0 aliphatic heterocycles. The van der Waals surface area contributed by atoms with Gasteiger partial charge in [-0.2, -0.15) is 0 Å². The lowest BCUT2D eigenvalue weighted by Crippen LogP contribution is -2.12. The molecule has 4 heteroatoms. The minimum atomic E-state index is 0.284. The molecule has 0 saturated carbocycles. The smallest absolute Gasteiger partial charge is 0.229 e. The third-order valence-corrected chi connectivity index (χ3v) is 2.89. The fraction of sp³-hybridized carbons (Fsp3) is 0.200. The molecule has 1 heterocycles. The van der Waals surface area contributed by atoms with Crippen LogP contribution in [0.1, 0.15) is 22.4 Å². The highest BCUT2D eigenvalue weighted by Gasteiger charge is 2.10. The Morgan fingerprint density at radius 1 is 1.11 bits per heavy atom. The second-order valence-corrected chi connectivity index (χ2v) is 5.03. The van der Waals surface area contributed by atoms with Crippen LogP contribution in [0.15, 0.2) is 30.3 Å². The van der Waals surface area contributed by atoms with Crippen LogP contribution in [0.5, 0.6) is 11.6 Å². The van der Waals surface area contributed by atoms with E-state index >= 15 is 0 Å². The Morgan fingerprint density at radius 3 is 2.32 bits per heavy atom. The van der Waals surface area contributed by atoms with Crippen LogP contribution < -0.4 is 10.5 Å². The van der Waals surface area contributed by atoms with Gasteiger partial charge in [0.25, 0.3) is 0 Å². The highest BCUT2D eigenvalue weighted by Crippen LogP contribution is 2.25. The van der Waals surface area contributed by atoms with Crippen LogP contribution in [0.2, 0.25) is 0 Å². The number of benzene rings is 1. The van der Waals surface area contributed by atoms with Crippen molar-refractivity contribution in [1.29, 1.82) is 0 Å². The van der Waals surface area contributed by atoms with Gasteiger partial charge in [0, 0.05) is 5.69 Å². The summed E-state index contributed by atoms with van der Waals surface area (Å²) in [6.07, 6.45) is 0. The zero-order valence-electron chi connectivity index (χ0n) is 11.2. The monoisotopic (exact) mass is 272 g/mol. The average molecular weight is 272 g/mol. The Labute approximate surface area is 118 Å². The van der Waals surface area contributed by atoms with E-state index in [0.29, 0.717) is 11.4 Å². The van der Waals surface area contributed by atoms with Gasteiger partial charge in [0.2, 0.25) is 5.88 Å². The van der Waals surface area contributed by atoms with Crippen molar-refractivity contribution in [2.75, 3.05) is 0 Å². The zero-order chi connectivity index (χ0) is 14.0. The van der Waals surface area contributed by atoms with Crippen molar-refractivity contribution < 1.29 is 4.74 Å². The summed E-state index contributed by atoms with van der Waals surface area (Å²) in [5, 5.41) is 0. The number of hydrogen-bond acceptors (Lipinski definition) is 3. The number of nitrogens with two attached hydrogens (primary N) is 1. The van der Waals surface area contributed by atoms with Crippen LogP contribution in [0, 0.1) is 20.8 Å². The second-order valence-electron chi connectivity index (χ2n) is 4.60. The van der Waals surface area contributed by atoms with Gasteiger partial charge in [0.05, 0.1) is 5.56 Å². The van der Waals surface area contributed by atoms with E-state index in [1.807, 2.05) is 45.0 Å². The van der Waals surface area contributed by atoms with Crippen LogP contribution in [0.3, 0.4) is 0 Å². The summed E-state index contributed by atoms with van der Waals surface area (Å²) in [5.41, 5.74) is 9.48. The van der Waals surface area contributed by atoms with Crippen molar-refractivity contribution in [3.8, 4) is 11.6 Å². The van der Waals surface area contributed by atoms with Crippen LogP contribution in [-0.4, -0.2) is 9.97 Å². The molecule has 2 aromatic rings. The van der Waals surface area contributed by atoms with Crippen LogP contribution in [0.4, 0.5) is 0 Å². The quantitative estimate of drug-likeness (QED) is 0.870. The number of thiocarbonyl (C=S) groups is 1. The Balaban J connectivity index is 2.42. The predicted molar refractivity (Wildman–Crippen MR) is 80.9 cm³/mol. The van der Waals surface area contributed by atoms with Crippen molar-refractivity contribution in [3.63, 3.8) is 0 Å². The van der Waals surface area contributed by atoms with Crippen molar-refractivity contribution >= 4 is 17.2 Å². The van der Waals surface area contributed by atoms with E-state index in [1.54, 1.807) is 0 Å². The minimum Gasteiger partial charge on any atom is -0.438 e. The van der Waals surface area contributed by atoms with E-state index in [4.69, 9.17) is 22.7 Å². The standard InChI is InChI=1S/C15H16N2OS/c1-9-6-10(2)8-12(7-9)18-15-13(14(16)19)5-4-11(3)17-15/h4-8H,1-3H3,(H2,16,19). The van der Waals surface area contributed by atoms with E-state index in [1.165, 1.54) is 0 Å². The maximum absolute atomic E-state index is 5.83. The van der Waals surface area contributed by atoms with E-state index in [-0.39, 0.29) is 4.99 Å². The molecule has 3 nitrogen and oxygen atoms in total. The van der Waals surface area contributed by atoms with Gasteiger partial charge in [0.1, 0.15) is 10.7 Å². The zero-order valence-corrected chi connectivity index (χ0v) is 12.0. The van der Waals surface area contributed by atoms with Gasteiger partial charge >= 0.3 is 0 Å². The van der Waals surface area contributed by atoms with E-state index in [0.717, 1.165) is 22.6 Å². The Morgan fingerprint density at radius 2 is 1.74 bits per heavy atom. The van der Waals surface area contributed by atoms with Gasteiger partial charge in [-0.05, 0) is 56.2 Å². The van der Waals surface area contributed by atoms with Gasteiger partial charge in [-0.1, -0.05) is 18.3 Å². The van der Waals surface area contributed by atoms with E-state index in [9.17, 15) is 0 Å². The molecule has 0 atom stereocenters. The molecule has 98 valence electrons. The maximum atomic E-state index is 5.83. The molecule has 0 bridgehead atoms. The number of aryl methyl sites for hydroxylation is 3. The SMILES string of the molecule is Cc1cc(C)cc(Oc2nc(C)ccc2C(N)=S)c1. The molecule has 0 fully saturated rings. The molecular formula is C15H16N2OS. The number of nitrogens with zero attached hydrogens (tertiary/aromatic N) is 1. The third-order valence-electron chi connectivity index (χ3n) is 2.67. The van der Waals surface area contributed by atoms with Crippen LogP contribution >= 0.6 is 12.2 Å². The molecule has 0 aliphatic carbocycles. The van der Waals surface area contributed by atoms with Crippen molar-refractivity contribution in [2.24, 2.45) is 5.73 Å². The molecule has 0 unspecified atom stereocenters.